The van der Waals surface area contributed by atoms with Gasteiger partial charge in [-0.3, -0.25) is 14.8 Å². The number of amides is 1. The standard InChI is InChI=1S/C24H30Cl2N10O3/c1-33-12-38-13-34(2)22(37)19-20(33)30-24(29-10-14-5-7-35(8-6-14)23(27)28)36(19)11-18-31-32-21(39-18)15-3-4-16(25)17(26)9-15/h3-4,9,14H,5-8,10-13H2,1-2H3,(H3,27,28)(H,29,30). The average molecular weight is 577 g/mol. The topological polar surface area (TPSA) is 155 Å². The first-order chi connectivity index (χ1) is 18.7. The van der Waals surface area contributed by atoms with Crippen LogP contribution in [-0.4, -0.2) is 88.6 Å². The lowest BCUT2D eigenvalue weighted by Gasteiger charge is -2.32. The smallest absolute Gasteiger partial charge is 0.276 e. The molecule has 2 aliphatic heterocycles. The van der Waals surface area contributed by atoms with Gasteiger partial charge >= 0.3 is 0 Å². The summed E-state index contributed by atoms with van der Waals surface area (Å²) in [6, 6.07) is 5.07. The maximum atomic E-state index is 13.5. The van der Waals surface area contributed by atoms with Crippen LogP contribution >= 0.6 is 23.2 Å². The second-order valence-electron chi connectivity index (χ2n) is 9.68. The fourth-order valence-electron chi connectivity index (χ4n) is 4.63. The van der Waals surface area contributed by atoms with E-state index in [-0.39, 0.29) is 37.8 Å². The first kappa shape index (κ1) is 27.0. The van der Waals surface area contributed by atoms with E-state index >= 15 is 0 Å². The van der Waals surface area contributed by atoms with Gasteiger partial charge < -0.3 is 34.9 Å². The minimum absolute atomic E-state index is 0.101. The number of benzene rings is 1. The number of carbonyl (C=O) groups is 1. The van der Waals surface area contributed by atoms with Gasteiger partial charge in [0.15, 0.2) is 17.5 Å². The van der Waals surface area contributed by atoms with Gasteiger partial charge in [-0.05, 0) is 37.0 Å². The molecule has 3 aromatic rings. The molecule has 0 spiro atoms. The van der Waals surface area contributed by atoms with Crippen molar-refractivity contribution in [1.29, 1.82) is 5.41 Å². The molecule has 0 unspecified atom stereocenters. The normalized spacial score (nSPS) is 16.7. The number of nitrogens with zero attached hydrogens (tertiary/aromatic N) is 7. The Hall–Kier alpha value is -3.55. The van der Waals surface area contributed by atoms with Crippen LogP contribution in [0.4, 0.5) is 11.8 Å². The van der Waals surface area contributed by atoms with Gasteiger partial charge in [-0.2, -0.15) is 4.98 Å². The van der Waals surface area contributed by atoms with Gasteiger partial charge in [-0.1, -0.05) is 23.2 Å². The molecule has 1 saturated heterocycles. The first-order valence-corrected chi connectivity index (χ1v) is 13.2. The van der Waals surface area contributed by atoms with Crippen molar-refractivity contribution in [3.63, 3.8) is 0 Å². The Morgan fingerprint density at radius 2 is 1.90 bits per heavy atom. The van der Waals surface area contributed by atoms with Gasteiger partial charge in [0, 0.05) is 39.3 Å². The van der Waals surface area contributed by atoms with Crippen molar-refractivity contribution in [3.05, 3.63) is 39.8 Å². The molecule has 1 fully saturated rings. The Bertz CT molecular complexity index is 1370. The van der Waals surface area contributed by atoms with Crippen molar-refractivity contribution in [2.45, 2.75) is 19.4 Å². The number of likely N-dealkylation sites (tertiary alicyclic amines) is 1. The molecule has 0 radical (unpaired) electrons. The molecule has 0 bridgehead atoms. The molecule has 0 atom stereocenters. The molecule has 4 heterocycles. The van der Waals surface area contributed by atoms with Crippen molar-refractivity contribution < 1.29 is 13.9 Å². The van der Waals surface area contributed by atoms with E-state index in [0.29, 0.717) is 51.4 Å². The van der Waals surface area contributed by atoms with Crippen molar-refractivity contribution in [3.8, 4) is 11.5 Å². The first-order valence-electron chi connectivity index (χ1n) is 12.5. The number of ether oxygens (including phenoxy) is 1. The van der Waals surface area contributed by atoms with E-state index in [2.05, 4.69) is 15.5 Å². The summed E-state index contributed by atoms with van der Waals surface area (Å²) in [7, 11) is 3.50. The molecule has 15 heteroatoms. The van der Waals surface area contributed by atoms with Crippen LogP contribution in [0.5, 0.6) is 0 Å². The van der Waals surface area contributed by atoms with Crippen LogP contribution in [0.3, 0.4) is 0 Å². The quantitative estimate of drug-likeness (QED) is 0.294. The third-order valence-electron chi connectivity index (χ3n) is 6.86. The van der Waals surface area contributed by atoms with E-state index in [1.54, 1.807) is 34.7 Å². The zero-order chi connectivity index (χ0) is 27.7. The summed E-state index contributed by atoms with van der Waals surface area (Å²) in [5.74, 6) is 1.80. The lowest BCUT2D eigenvalue weighted by atomic mass is 9.97. The van der Waals surface area contributed by atoms with E-state index < -0.39 is 0 Å². The van der Waals surface area contributed by atoms with E-state index in [4.69, 9.17) is 48.5 Å². The van der Waals surface area contributed by atoms with Crippen LogP contribution < -0.4 is 16.0 Å². The van der Waals surface area contributed by atoms with Crippen LogP contribution in [-0.2, 0) is 11.3 Å². The molecule has 1 amide bonds. The highest BCUT2D eigenvalue weighted by molar-refractivity contribution is 6.42. The second kappa shape index (κ2) is 11.3. The van der Waals surface area contributed by atoms with E-state index in [1.165, 1.54) is 4.90 Å². The van der Waals surface area contributed by atoms with Gasteiger partial charge in [-0.25, -0.2) is 0 Å². The number of rotatable bonds is 6. The molecule has 4 N–H and O–H groups in total. The minimum atomic E-state index is -0.240. The van der Waals surface area contributed by atoms with Gasteiger partial charge in [-0.15, -0.1) is 10.2 Å². The largest absolute Gasteiger partial charge is 0.419 e. The Morgan fingerprint density at radius 3 is 2.62 bits per heavy atom. The number of nitrogens with one attached hydrogen (secondary N) is 2. The molecule has 2 aromatic heterocycles. The second-order valence-corrected chi connectivity index (χ2v) is 10.5. The van der Waals surface area contributed by atoms with Gasteiger partial charge in [0.2, 0.25) is 17.7 Å². The Kier molecular flexibility index (Phi) is 7.82. The van der Waals surface area contributed by atoms with Crippen molar-refractivity contribution in [2.24, 2.45) is 11.7 Å². The van der Waals surface area contributed by atoms with Crippen molar-refractivity contribution in [2.75, 3.05) is 57.4 Å². The molecular weight excluding hydrogens is 547 g/mol. The zero-order valence-electron chi connectivity index (χ0n) is 21.7. The van der Waals surface area contributed by atoms with Gasteiger partial charge in [0.05, 0.1) is 10.0 Å². The molecule has 39 heavy (non-hydrogen) atoms. The van der Waals surface area contributed by atoms with Crippen molar-refractivity contribution >= 4 is 46.8 Å². The number of nitrogens with two attached hydrogens (primary N) is 1. The summed E-state index contributed by atoms with van der Waals surface area (Å²) < 4.78 is 13.3. The number of imidazole rings is 1. The van der Waals surface area contributed by atoms with Crippen LogP contribution in [0.1, 0.15) is 29.2 Å². The summed E-state index contributed by atoms with van der Waals surface area (Å²) in [5.41, 5.74) is 6.67. The van der Waals surface area contributed by atoms with Crippen LogP contribution in [0, 0.1) is 11.3 Å². The summed E-state index contributed by atoms with van der Waals surface area (Å²) in [4.78, 5) is 23.4. The highest BCUT2D eigenvalue weighted by Gasteiger charge is 2.31. The Labute approximate surface area is 235 Å². The number of aromatic nitrogens is 4. The molecular formula is C24H30Cl2N10O3. The monoisotopic (exact) mass is 576 g/mol. The molecule has 5 rings (SSSR count). The average Bonchev–Trinajstić information content (AvgIpc) is 3.53. The number of halogens is 2. The third kappa shape index (κ3) is 5.75. The lowest BCUT2D eigenvalue weighted by Crippen LogP contribution is -2.43. The molecule has 0 saturated carbocycles. The number of hydrogen-bond donors (Lipinski definition) is 3. The molecule has 2 aliphatic rings. The summed E-state index contributed by atoms with van der Waals surface area (Å²) >= 11 is 12.2. The van der Waals surface area contributed by atoms with Crippen molar-refractivity contribution in [1.82, 2.24) is 29.5 Å². The van der Waals surface area contributed by atoms with E-state index in [1.807, 2.05) is 11.9 Å². The highest BCUT2D eigenvalue weighted by Crippen LogP contribution is 2.30. The Balaban J connectivity index is 1.44. The van der Waals surface area contributed by atoms with Gasteiger partial charge in [0.1, 0.15) is 20.0 Å². The predicted octanol–water partition coefficient (Wildman–Crippen LogP) is 2.76. The number of hydrogen-bond acceptors (Lipinski definition) is 9. The summed E-state index contributed by atoms with van der Waals surface area (Å²) in [6.45, 7) is 2.64. The maximum Gasteiger partial charge on any atom is 0.276 e. The number of carbonyl (C=O) groups excluding carboxylic acids is 1. The molecule has 1 aromatic carbocycles. The lowest BCUT2D eigenvalue weighted by molar-refractivity contribution is 0.0312. The third-order valence-corrected chi connectivity index (χ3v) is 7.60. The van der Waals surface area contributed by atoms with Crippen LogP contribution in [0.25, 0.3) is 11.5 Å². The molecule has 13 nitrogen and oxygen atoms in total. The van der Waals surface area contributed by atoms with Crippen LogP contribution in [0.15, 0.2) is 22.6 Å². The SMILES string of the molecule is CN1COCN(C)c2nc(NCC3CCN(C(=N)N)CC3)n(Cc3nnc(-c4ccc(Cl)c(Cl)c4)o3)c2C1=O. The Morgan fingerprint density at radius 1 is 1.15 bits per heavy atom. The van der Waals surface area contributed by atoms with Gasteiger partial charge in [0.25, 0.3) is 5.91 Å². The molecule has 208 valence electrons. The fourth-order valence-corrected chi connectivity index (χ4v) is 4.93. The summed E-state index contributed by atoms with van der Waals surface area (Å²) in [5, 5.41) is 20.3. The fraction of sp³-hybridized carbons (Fsp3) is 0.458. The zero-order valence-corrected chi connectivity index (χ0v) is 23.2. The number of anilines is 2. The molecule has 0 aliphatic carbocycles. The maximum absolute atomic E-state index is 13.5. The number of fused-ring (bicyclic) bond motifs is 1. The van der Waals surface area contributed by atoms with E-state index in [9.17, 15) is 4.79 Å². The number of guanidine groups is 1. The highest BCUT2D eigenvalue weighted by atomic mass is 35.5. The predicted molar refractivity (Wildman–Crippen MR) is 147 cm³/mol. The van der Waals surface area contributed by atoms with Crippen LogP contribution in [0.2, 0.25) is 10.0 Å². The minimum Gasteiger partial charge on any atom is -0.419 e. The van der Waals surface area contributed by atoms with E-state index in [0.717, 1.165) is 25.9 Å². The summed E-state index contributed by atoms with van der Waals surface area (Å²) in [6.07, 6.45) is 1.78. The number of piperidine rings is 1.